The Morgan fingerprint density at radius 1 is 1.33 bits per heavy atom. The maximum atomic E-state index is 12.8. The van der Waals surface area contributed by atoms with Crippen LogP contribution < -0.4 is 0 Å². The maximum absolute atomic E-state index is 12.8. The van der Waals surface area contributed by atoms with Gasteiger partial charge in [-0.05, 0) is 36.9 Å². The average Bonchev–Trinajstić information content (AvgIpc) is 3.26. The quantitative estimate of drug-likeness (QED) is 0.838. The summed E-state index contributed by atoms with van der Waals surface area (Å²) < 4.78 is 5.39. The van der Waals surface area contributed by atoms with Crippen LogP contribution in [0.15, 0.2) is 29.6 Å². The van der Waals surface area contributed by atoms with Crippen molar-refractivity contribution in [1.82, 2.24) is 14.8 Å². The molecule has 1 N–H and O–H groups in total. The third kappa shape index (κ3) is 4.69. The topological polar surface area (TPSA) is 48.6 Å². The molecule has 1 amide bonds. The van der Waals surface area contributed by atoms with Crippen LogP contribution in [0.2, 0.25) is 0 Å². The molecule has 0 bridgehead atoms. The lowest BCUT2D eigenvalue weighted by Crippen LogP contribution is -2.39. The van der Waals surface area contributed by atoms with E-state index < -0.39 is 0 Å². The van der Waals surface area contributed by atoms with Gasteiger partial charge in [-0.1, -0.05) is 6.07 Å². The number of thiophene rings is 1. The lowest BCUT2D eigenvalue weighted by atomic mass is 10.2. The van der Waals surface area contributed by atoms with Crippen LogP contribution in [0.4, 0.5) is 0 Å². The van der Waals surface area contributed by atoms with Crippen LogP contribution in [0.3, 0.4) is 0 Å². The number of H-pyrrole nitrogens is 1. The van der Waals surface area contributed by atoms with E-state index in [0.29, 0.717) is 12.2 Å². The van der Waals surface area contributed by atoms with Crippen LogP contribution in [0.25, 0.3) is 0 Å². The van der Waals surface area contributed by atoms with Gasteiger partial charge in [0, 0.05) is 36.8 Å². The minimum atomic E-state index is 0.0819. The summed E-state index contributed by atoms with van der Waals surface area (Å²) >= 11 is 1.70. The molecule has 0 unspecified atom stereocenters. The summed E-state index contributed by atoms with van der Waals surface area (Å²) in [7, 11) is 0. The van der Waals surface area contributed by atoms with Crippen molar-refractivity contribution >= 4 is 17.2 Å². The van der Waals surface area contributed by atoms with Crippen molar-refractivity contribution in [1.29, 1.82) is 0 Å². The monoisotopic (exact) mass is 347 g/mol. The molecular formula is C18H25N3O2S. The molecule has 0 radical (unpaired) electrons. The summed E-state index contributed by atoms with van der Waals surface area (Å²) in [5.74, 6) is 0.0819. The zero-order valence-electron chi connectivity index (χ0n) is 14.2. The number of nitrogens with zero attached hydrogens (tertiary/aromatic N) is 2. The fourth-order valence-electron chi connectivity index (χ4n) is 2.95. The third-order valence-corrected chi connectivity index (χ3v) is 5.14. The minimum Gasteiger partial charge on any atom is -0.379 e. The van der Waals surface area contributed by atoms with Crippen molar-refractivity contribution in [3.8, 4) is 0 Å². The molecule has 0 atom stereocenters. The molecular weight excluding hydrogens is 322 g/mol. The number of morpholine rings is 1. The molecule has 130 valence electrons. The molecule has 6 heteroatoms. The standard InChI is InChI=1S/C18H25N3O2S/c1-15-5-6-17(19-15)18(22)21(14-16-4-2-13-24-16)8-3-7-20-9-11-23-12-10-20/h2,4-6,13,19H,3,7-12,14H2,1H3. The predicted octanol–water partition coefficient (Wildman–Crippen LogP) is 2.75. The van der Waals surface area contributed by atoms with Crippen molar-refractivity contribution in [2.45, 2.75) is 19.9 Å². The van der Waals surface area contributed by atoms with Crippen molar-refractivity contribution < 1.29 is 9.53 Å². The summed E-state index contributed by atoms with van der Waals surface area (Å²) in [4.78, 5) is 21.6. The van der Waals surface area contributed by atoms with Crippen molar-refractivity contribution in [3.63, 3.8) is 0 Å². The van der Waals surface area contributed by atoms with Gasteiger partial charge in [0.2, 0.25) is 0 Å². The Bertz CT molecular complexity index is 632. The van der Waals surface area contributed by atoms with Gasteiger partial charge < -0.3 is 14.6 Å². The molecule has 0 aliphatic carbocycles. The normalized spacial score (nSPS) is 15.5. The molecule has 0 spiro atoms. The van der Waals surface area contributed by atoms with Gasteiger partial charge in [0.1, 0.15) is 5.69 Å². The zero-order valence-corrected chi connectivity index (χ0v) is 15.0. The van der Waals surface area contributed by atoms with Crippen LogP contribution in [-0.2, 0) is 11.3 Å². The molecule has 5 nitrogen and oxygen atoms in total. The van der Waals surface area contributed by atoms with Crippen LogP contribution in [0, 0.1) is 6.92 Å². The number of hydrogen-bond acceptors (Lipinski definition) is 4. The number of hydrogen-bond donors (Lipinski definition) is 1. The molecule has 3 heterocycles. The Morgan fingerprint density at radius 3 is 2.83 bits per heavy atom. The molecule has 3 rings (SSSR count). The van der Waals surface area contributed by atoms with Gasteiger partial charge in [-0.2, -0.15) is 0 Å². The van der Waals surface area contributed by atoms with Crippen LogP contribution in [-0.4, -0.2) is 60.1 Å². The van der Waals surface area contributed by atoms with Crippen molar-refractivity contribution in [2.75, 3.05) is 39.4 Å². The first-order chi connectivity index (χ1) is 11.7. The summed E-state index contributed by atoms with van der Waals surface area (Å²) in [5, 5.41) is 2.06. The predicted molar refractivity (Wildman–Crippen MR) is 96.5 cm³/mol. The summed E-state index contributed by atoms with van der Waals surface area (Å²) in [5.41, 5.74) is 1.69. The van der Waals surface area contributed by atoms with Gasteiger partial charge in [-0.3, -0.25) is 9.69 Å². The first-order valence-electron chi connectivity index (χ1n) is 8.50. The molecule has 1 fully saturated rings. The number of aromatic nitrogens is 1. The Kier molecular flexibility index (Phi) is 6.07. The second-order valence-corrected chi connectivity index (χ2v) is 7.20. The highest BCUT2D eigenvalue weighted by Gasteiger charge is 2.18. The third-order valence-electron chi connectivity index (χ3n) is 4.28. The highest BCUT2D eigenvalue weighted by molar-refractivity contribution is 7.09. The van der Waals surface area contributed by atoms with Gasteiger partial charge in [0.05, 0.1) is 19.8 Å². The number of carbonyl (C=O) groups excluding carboxylic acids is 1. The average molecular weight is 347 g/mol. The number of amides is 1. The van der Waals surface area contributed by atoms with E-state index in [1.54, 1.807) is 11.3 Å². The largest absolute Gasteiger partial charge is 0.379 e. The molecule has 1 aliphatic rings. The van der Waals surface area contributed by atoms with E-state index in [9.17, 15) is 4.79 Å². The first kappa shape index (κ1) is 17.2. The van der Waals surface area contributed by atoms with Crippen molar-refractivity contribution in [3.05, 3.63) is 45.9 Å². The van der Waals surface area contributed by atoms with E-state index in [0.717, 1.165) is 51.5 Å². The summed E-state index contributed by atoms with van der Waals surface area (Å²) in [6.45, 7) is 8.06. The van der Waals surface area contributed by atoms with E-state index in [4.69, 9.17) is 4.74 Å². The number of ether oxygens (including phenoxy) is 1. The number of aromatic amines is 1. The molecule has 2 aromatic heterocycles. The summed E-state index contributed by atoms with van der Waals surface area (Å²) in [6.07, 6.45) is 0.983. The maximum Gasteiger partial charge on any atom is 0.270 e. The smallest absolute Gasteiger partial charge is 0.270 e. The molecule has 2 aromatic rings. The molecule has 24 heavy (non-hydrogen) atoms. The van der Waals surface area contributed by atoms with Gasteiger partial charge in [0.15, 0.2) is 0 Å². The Hall–Kier alpha value is -1.63. The van der Waals surface area contributed by atoms with Gasteiger partial charge >= 0.3 is 0 Å². The SMILES string of the molecule is Cc1ccc(C(=O)N(CCCN2CCOCC2)Cc2cccs2)[nH]1. The minimum absolute atomic E-state index is 0.0819. The molecule has 1 aliphatic heterocycles. The lowest BCUT2D eigenvalue weighted by Gasteiger charge is -2.28. The van der Waals surface area contributed by atoms with E-state index in [-0.39, 0.29) is 5.91 Å². The number of carbonyl (C=O) groups is 1. The fraction of sp³-hybridized carbons (Fsp3) is 0.500. The second-order valence-electron chi connectivity index (χ2n) is 6.17. The molecule has 0 aromatic carbocycles. The van der Waals surface area contributed by atoms with Crippen LogP contribution in [0.5, 0.6) is 0 Å². The number of aryl methyl sites for hydroxylation is 1. The fourth-order valence-corrected chi connectivity index (χ4v) is 3.67. The Balaban J connectivity index is 1.59. The van der Waals surface area contributed by atoms with E-state index in [1.807, 2.05) is 30.0 Å². The lowest BCUT2D eigenvalue weighted by molar-refractivity contribution is 0.0355. The van der Waals surface area contributed by atoms with Gasteiger partial charge in [-0.25, -0.2) is 0 Å². The Labute approximate surface area is 147 Å². The van der Waals surface area contributed by atoms with Gasteiger partial charge in [0.25, 0.3) is 5.91 Å². The van der Waals surface area contributed by atoms with Crippen LogP contribution >= 0.6 is 11.3 Å². The molecule has 1 saturated heterocycles. The number of rotatable bonds is 7. The highest BCUT2D eigenvalue weighted by Crippen LogP contribution is 2.15. The highest BCUT2D eigenvalue weighted by atomic mass is 32.1. The summed E-state index contributed by atoms with van der Waals surface area (Å²) in [6, 6.07) is 7.95. The van der Waals surface area contributed by atoms with Crippen molar-refractivity contribution in [2.24, 2.45) is 0 Å². The number of nitrogens with one attached hydrogen (secondary N) is 1. The van der Waals surface area contributed by atoms with E-state index in [2.05, 4.69) is 21.3 Å². The Morgan fingerprint density at radius 2 is 2.17 bits per heavy atom. The second kappa shape index (κ2) is 8.46. The van der Waals surface area contributed by atoms with E-state index in [1.165, 1.54) is 4.88 Å². The van der Waals surface area contributed by atoms with Crippen LogP contribution in [0.1, 0.15) is 27.5 Å². The molecule has 0 saturated carbocycles. The van der Waals surface area contributed by atoms with Gasteiger partial charge in [-0.15, -0.1) is 11.3 Å². The van der Waals surface area contributed by atoms with E-state index >= 15 is 0 Å². The first-order valence-corrected chi connectivity index (χ1v) is 9.38. The zero-order chi connectivity index (χ0) is 16.8.